The molecule has 0 bridgehead atoms. The van der Waals surface area contributed by atoms with Crippen LogP contribution in [-0.2, 0) is 52.7 Å². The number of nitrogens with two attached hydrogens (primary N) is 2. The highest BCUT2D eigenvalue weighted by Crippen LogP contribution is 2.54. The quantitative estimate of drug-likeness (QED) is 0.00482. The predicted molar refractivity (Wildman–Crippen MR) is 425 cm³/mol. The number of carboxylic acid groups (broad SMARTS) is 5. The van der Waals surface area contributed by atoms with E-state index < -0.39 is 105 Å². The van der Waals surface area contributed by atoms with E-state index in [0.717, 1.165) is 0 Å². The zero-order valence-corrected chi connectivity index (χ0v) is 67.9. The molecule has 0 spiro atoms. The number of thioether (sulfide) groups is 6. The second-order valence-electron chi connectivity index (χ2n) is 24.8. The van der Waals surface area contributed by atoms with Crippen LogP contribution < -0.4 is 69.4 Å². The summed E-state index contributed by atoms with van der Waals surface area (Å²) in [5, 5.41) is 75.4. The number of carboxylic acids is 5. The molecule has 19 N–H and O–H groups in total. The number of amides is 5. The minimum atomic E-state index is -1.22. The molecular formula is C60H103N15O19S10. The Hall–Kier alpha value is -4.68. The molecule has 1 aromatic carbocycles. The van der Waals surface area contributed by atoms with E-state index in [9.17, 15) is 73.1 Å². The number of rotatable bonds is 40. The Balaban J connectivity index is 0.000000718. The number of thiol groups is 4. The molecule has 3 aliphatic heterocycles. The molecule has 0 aromatic heterocycles. The van der Waals surface area contributed by atoms with Gasteiger partial charge in [0.2, 0.25) is 29.5 Å². The third kappa shape index (κ3) is 38.9. The van der Waals surface area contributed by atoms with E-state index in [4.69, 9.17) is 31.5 Å². The predicted octanol–water partition coefficient (Wildman–Crippen LogP) is 0.267. The molecule has 44 heteroatoms. The molecule has 5 amide bonds. The minimum absolute atomic E-state index is 0.0360. The lowest BCUT2D eigenvalue weighted by atomic mass is 10.1. The molecule has 3 aliphatic rings. The van der Waals surface area contributed by atoms with Crippen LogP contribution in [0.3, 0.4) is 0 Å². The van der Waals surface area contributed by atoms with Crippen LogP contribution >= 0.6 is 121 Å². The first-order valence-electron chi connectivity index (χ1n) is 32.5. The van der Waals surface area contributed by atoms with Crippen molar-refractivity contribution in [3.63, 3.8) is 0 Å². The van der Waals surface area contributed by atoms with Crippen LogP contribution in [0, 0.1) is 22.0 Å². The fraction of sp³-hybridized carbons (Fsp3) is 0.700. The normalized spacial score (nSPS) is 19.9. The van der Waals surface area contributed by atoms with Gasteiger partial charge in [0.1, 0.15) is 64.8 Å². The summed E-state index contributed by atoms with van der Waals surface area (Å²) in [5.41, 5.74) is 10.5. The first kappa shape index (κ1) is 97.3. The van der Waals surface area contributed by atoms with Crippen LogP contribution in [0.1, 0.15) is 69.2 Å². The van der Waals surface area contributed by atoms with Crippen molar-refractivity contribution in [3.05, 3.63) is 34.4 Å². The van der Waals surface area contributed by atoms with Gasteiger partial charge in [-0.3, -0.25) is 62.9 Å². The van der Waals surface area contributed by atoms with Gasteiger partial charge in [-0.1, -0.05) is 27.7 Å². The summed E-state index contributed by atoms with van der Waals surface area (Å²) in [5.74, 6) is -6.20. The van der Waals surface area contributed by atoms with Crippen molar-refractivity contribution in [3.8, 4) is 5.75 Å². The van der Waals surface area contributed by atoms with Gasteiger partial charge in [-0.05, 0) is 65.5 Å². The number of nitrogens with one attached hydrogen (secondary N) is 10. The molecule has 4 rings (SSSR count). The van der Waals surface area contributed by atoms with Gasteiger partial charge >= 0.3 is 35.8 Å². The van der Waals surface area contributed by atoms with Crippen molar-refractivity contribution >= 4 is 198 Å². The van der Waals surface area contributed by atoms with Crippen LogP contribution in [0.2, 0.25) is 0 Å². The van der Waals surface area contributed by atoms with E-state index in [1.54, 1.807) is 0 Å². The summed E-state index contributed by atoms with van der Waals surface area (Å²) < 4.78 is 4.54. The number of carbonyl (C=O) groups is 11. The Labute approximate surface area is 653 Å². The second kappa shape index (κ2) is 50.1. The summed E-state index contributed by atoms with van der Waals surface area (Å²) in [6, 6.07) is 5.38. The highest BCUT2D eigenvalue weighted by Gasteiger charge is 2.52. The van der Waals surface area contributed by atoms with Crippen LogP contribution in [0.5, 0.6) is 5.75 Å². The Kier molecular flexibility index (Phi) is 46.9. The molecule has 34 nitrogen and oxygen atoms in total. The largest absolute Gasteiger partial charge is 0.480 e. The van der Waals surface area contributed by atoms with Crippen LogP contribution in [-0.4, -0.2) is 283 Å². The van der Waals surface area contributed by atoms with Gasteiger partial charge in [0.25, 0.3) is 5.69 Å². The first-order chi connectivity index (χ1) is 48.5. The summed E-state index contributed by atoms with van der Waals surface area (Å²) in [7, 11) is 0. The van der Waals surface area contributed by atoms with E-state index in [-0.39, 0.29) is 61.0 Å². The molecule has 10 unspecified atom stereocenters. The van der Waals surface area contributed by atoms with E-state index in [1.807, 2.05) is 46.4 Å². The number of non-ortho nitro benzene ring substituents is 1. The lowest BCUT2D eigenvalue weighted by Gasteiger charge is -2.30. The Morgan fingerprint density at radius 3 is 1.19 bits per heavy atom. The lowest BCUT2D eigenvalue weighted by Crippen LogP contribution is -2.46. The van der Waals surface area contributed by atoms with Gasteiger partial charge in [-0.25, -0.2) is 4.99 Å². The molecule has 0 radical (unpaired) electrons. The number of benzene rings is 1. The number of aliphatic carboxylic acids is 5. The maximum absolute atomic E-state index is 13.4. The van der Waals surface area contributed by atoms with Gasteiger partial charge in [-0.2, -0.15) is 50.5 Å². The molecule has 3 fully saturated rings. The molecular weight excluding hydrogens is 1560 g/mol. The zero-order valence-electron chi connectivity index (χ0n) is 59.4. The number of hydrogen-bond acceptors (Lipinski definition) is 31. The maximum Gasteiger partial charge on any atom is 0.326 e. The molecule has 0 aliphatic carbocycles. The number of nitrogens with zero attached hydrogens (tertiary/aromatic N) is 3. The number of esters is 1. The average molecular weight is 1660 g/mol. The van der Waals surface area contributed by atoms with Crippen molar-refractivity contribution in [1.29, 1.82) is 0 Å². The van der Waals surface area contributed by atoms with E-state index >= 15 is 0 Å². The molecule has 1 aromatic rings. The van der Waals surface area contributed by atoms with Crippen LogP contribution in [0.15, 0.2) is 29.3 Å². The number of carbonyl (C=O) groups excluding carboxylic acids is 6. The van der Waals surface area contributed by atoms with Crippen molar-refractivity contribution in [2.24, 2.45) is 28.3 Å². The topological polar surface area (TPSA) is 529 Å². The fourth-order valence-corrected chi connectivity index (χ4v) is 19.1. The van der Waals surface area contributed by atoms with Gasteiger partial charge in [0.05, 0.1) is 17.2 Å². The molecule has 0 saturated carbocycles. The monoisotopic (exact) mass is 1660 g/mol. The standard InChI is InChI=1S/C21H30N2O5S2.C19H32N4O6S4.C13H24N4O6S4.C7H17N5O2/c1-13(2)11-22(12-14(3)4)19(24)17-18(30-21(5,6)29-17)20(25)28-16-9-7-15(8-10-16)23(26)27;1-18(2)30-10(12(32-18)16(26)27)14(24)22-7-5-20-9-21-6-8-23-15(25)11-13(17(28)29)33-19(3,4)31-11;18-10(6(24)8(26)12(20)21)16-3-1-14-5-15-2-4-17-11(19)7(25)9(27)13(22)23;8-1-3-10-7(11-4-2-9)12-5-6(13)14/h7-10,13-14,17-18H,11-12H2,1-6H3;10-13,20-21H,5-9H2,1-4H3,(H,22,24)(H,23,25)(H,26,27)(H,28,29);6-9,14-15,24-27H,1-5H2,(H,16,18)(H,17,19)(H,20,21)(H,22,23);1-5,8-9H2,(H,13,14)(H2,10,11,12). The molecule has 3 saturated heterocycles. The van der Waals surface area contributed by atoms with Gasteiger partial charge in [0.15, 0.2) is 5.96 Å². The van der Waals surface area contributed by atoms with E-state index in [1.165, 1.54) is 94.8 Å². The number of hydrogen-bond donors (Lipinski definition) is 21. The highest BCUT2D eigenvalue weighted by molar-refractivity contribution is 8.23. The number of nitro benzene ring substituents is 1. The summed E-state index contributed by atoms with van der Waals surface area (Å²) in [6.45, 7) is 26.9. The van der Waals surface area contributed by atoms with Crippen molar-refractivity contribution in [2.45, 2.75) is 134 Å². The van der Waals surface area contributed by atoms with Gasteiger partial charge in [-0.15, -0.1) is 70.6 Å². The average Bonchev–Trinajstić information content (AvgIpc) is 1.66. The van der Waals surface area contributed by atoms with Gasteiger partial charge < -0.3 is 99.8 Å². The molecule has 592 valence electrons. The maximum atomic E-state index is 13.4. The summed E-state index contributed by atoms with van der Waals surface area (Å²) in [6.07, 6.45) is 0. The molecule has 104 heavy (non-hydrogen) atoms. The Morgan fingerprint density at radius 2 is 0.865 bits per heavy atom. The first-order valence-corrected chi connectivity index (χ1v) is 39.9. The van der Waals surface area contributed by atoms with Crippen molar-refractivity contribution in [1.82, 2.24) is 58.1 Å². The minimum Gasteiger partial charge on any atom is -0.480 e. The number of ether oxygens (including phenoxy) is 1. The summed E-state index contributed by atoms with van der Waals surface area (Å²) >= 11 is 23.7. The van der Waals surface area contributed by atoms with Crippen molar-refractivity contribution < 1.29 is 87.9 Å². The third-order valence-corrected chi connectivity index (χ3v) is 25.9. The molecule has 3 heterocycles. The van der Waals surface area contributed by atoms with E-state index in [2.05, 4.69) is 136 Å². The van der Waals surface area contributed by atoms with Crippen molar-refractivity contribution in [2.75, 3.05) is 112 Å². The smallest absolute Gasteiger partial charge is 0.326 e. The van der Waals surface area contributed by atoms with Crippen LogP contribution in [0.4, 0.5) is 5.69 Å². The molecule has 10 atom stereocenters. The van der Waals surface area contributed by atoms with Gasteiger partial charge in [0, 0.05) is 117 Å². The number of aliphatic imine (C=N–C) groups is 1. The third-order valence-electron chi connectivity index (χ3n) is 13.3. The Bertz CT molecular complexity index is 2870. The number of nitro groups is 1. The SMILES string of the molecule is CC(C)CN(CC(C)C)C(=O)C1SC(C)(C)SC1C(=O)Oc1ccc([N+](=O)[O-])cc1.CC1(C)SC(C(=O)O)C(C(=O)NCCNCNCCNC(=O)C2SC(C)(C)SC2C(=O)O)S1.NCCNC(=NCC(=O)O)NCCN.O=C(O)C(S)C(S)C(=O)NCCNCNCCNC(=O)C(S)C(S)C(=O)O. The number of guanidine groups is 1. The highest BCUT2D eigenvalue weighted by atomic mass is 32.2. The zero-order chi connectivity index (χ0) is 79.2. The second-order valence-corrected chi connectivity index (χ2v) is 38.4. The fourth-order valence-electron chi connectivity index (χ4n) is 8.80. The van der Waals surface area contributed by atoms with Crippen LogP contribution in [0.25, 0.3) is 0 Å². The Morgan fingerprint density at radius 1 is 0.519 bits per heavy atom. The lowest BCUT2D eigenvalue weighted by molar-refractivity contribution is -0.384. The summed E-state index contributed by atoms with van der Waals surface area (Å²) in [4.78, 5) is 145. The van der Waals surface area contributed by atoms with E-state index in [0.29, 0.717) is 110 Å².